The van der Waals surface area contributed by atoms with Crippen LogP contribution < -0.4 is 34.7 Å². The van der Waals surface area contributed by atoms with Crippen LogP contribution in [0.4, 0.5) is 0 Å². The molecule has 0 bridgehead atoms. The van der Waals surface area contributed by atoms with E-state index in [2.05, 4.69) is 9.47 Å². The van der Waals surface area contributed by atoms with Crippen LogP contribution in [0.3, 0.4) is 0 Å². The van der Waals surface area contributed by atoms with E-state index in [0.717, 1.165) is 0 Å². The summed E-state index contributed by atoms with van der Waals surface area (Å²) < 4.78 is 8.96. The Kier molecular flexibility index (Phi) is 5.83. The summed E-state index contributed by atoms with van der Waals surface area (Å²) in [5.74, 6) is -2.58. The Bertz CT molecular complexity index is 271. The number of cyclic esters (lactones) is 1. The molecule has 0 atom stereocenters. The van der Waals surface area contributed by atoms with Crippen LogP contribution in [0.5, 0.6) is 0 Å². The van der Waals surface area contributed by atoms with Crippen molar-refractivity contribution < 1.29 is 53.7 Å². The Balaban J connectivity index is 0.00000169. The third kappa shape index (κ3) is 3.01. The van der Waals surface area contributed by atoms with Gasteiger partial charge in [0.05, 0.1) is 13.2 Å². The molecule has 1 aliphatic rings. The number of carbonyl (C=O) groups is 2. The minimum Gasteiger partial charge on any atom is -0.867 e. The first-order valence-electron chi connectivity index (χ1n) is 3.91. The van der Waals surface area contributed by atoms with E-state index >= 15 is 0 Å². The minimum atomic E-state index is -0.989. The number of hydrogen-bond donors (Lipinski definition) is 0. The van der Waals surface area contributed by atoms with Crippen LogP contribution in [-0.4, -0.2) is 25.2 Å². The second kappa shape index (κ2) is 6.06. The molecule has 1 aliphatic heterocycles. The van der Waals surface area contributed by atoms with Gasteiger partial charge < -0.3 is 14.6 Å². The van der Waals surface area contributed by atoms with E-state index in [4.69, 9.17) is 0 Å². The SMILES string of the molecule is CCOC(=O)/C([O-])=C1\CCOC1=O.[Na+]. The van der Waals surface area contributed by atoms with Gasteiger partial charge in [-0.15, -0.1) is 0 Å². The van der Waals surface area contributed by atoms with Crippen molar-refractivity contribution in [2.24, 2.45) is 0 Å². The van der Waals surface area contributed by atoms with Gasteiger partial charge in [-0.25, -0.2) is 9.59 Å². The average Bonchev–Trinajstić information content (AvgIpc) is 2.50. The molecule has 0 saturated carbocycles. The molecule has 6 heteroatoms. The second-order valence-corrected chi connectivity index (χ2v) is 2.41. The summed E-state index contributed by atoms with van der Waals surface area (Å²) >= 11 is 0. The normalized spacial score (nSPS) is 18.2. The maximum absolute atomic E-state index is 11.1. The van der Waals surface area contributed by atoms with Crippen molar-refractivity contribution in [1.29, 1.82) is 0 Å². The number of carbonyl (C=O) groups excluding carboxylic acids is 2. The van der Waals surface area contributed by atoms with Crippen molar-refractivity contribution in [2.75, 3.05) is 13.2 Å². The molecule has 0 aromatic rings. The molecular formula is C8H9NaO5. The van der Waals surface area contributed by atoms with E-state index in [1.165, 1.54) is 0 Å². The van der Waals surface area contributed by atoms with Gasteiger partial charge in [-0.3, -0.25) is 0 Å². The van der Waals surface area contributed by atoms with E-state index < -0.39 is 17.7 Å². The molecule has 72 valence electrons. The van der Waals surface area contributed by atoms with Crippen molar-refractivity contribution in [1.82, 2.24) is 0 Å². The van der Waals surface area contributed by atoms with Gasteiger partial charge in [0.2, 0.25) is 0 Å². The molecule has 1 saturated heterocycles. The molecule has 0 unspecified atom stereocenters. The van der Waals surface area contributed by atoms with Crippen LogP contribution in [0.2, 0.25) is 0 Å². The number of esters is 2. The topological polar surface area (TPSA) is 75.7 Å². The fourth-order valence-corrected chi connectivity index (χ4v) is 0.961. The van der Waals surface area contributed by atoms with Crippen LogP contribution in [0.1, 0.15) is 13.3 Å². The summed E-state index contributed by atoms with van der Waals surface area (Å²) in [6.07, 6.45) is 0.191. The molecule has 5 nitrogen and oxygen atoms in total. The van der Waals surface area contributed by atoms with E-state index in [0.29, 0.717) is 0 Å². The minimum absolute atomic E-state index is 0. The van der Waals surface area contributed by atoms with Gasteiger partial charge in [-0.05, 0) is 12.7 Å². The summed E-state index contributed by atoms with van der Waals surface area (Å²) in [6, 6.07) is 0. The van der Waals surface area contributed by atoms with Gasteiger partial charge in [-0.1, -0.05) is 0 Å². The first-order chi connectivity index (χ1) is 6.16. The zero-order valence-electron chi connectivity index (χ0n) is 8.16. The van der Waals surface area contributed by atoms with Crippen molar-refractivity contribution in [2.45, 2.75) is 13.3 Å². The van der Waals surface area contributed by atoms with Gasteiger partial charge in [0.15, 0.2) is 0 Å². The Labute approximate surface area is 103 Å². The van der Waals surface area contributed by atoms with Gasteiger partial charge in [0.1, 0.15) is 0 Å². The predicted octanol–water partition coefficient (Wildman–Crippen LogP) is -3.89. The van der Waals surface area contributed by atoms with Crippen molar-refractivity contribution >= 4 is 11.9 Å². The smallest absolute Gasteiger partial charge is 0.867 e. The molecule has 1 fully saturated rings. The molecule has 0 aromatic carbocycles. The van der Waals surface area contributed by atoms with E-state index in [9.17, 15) is 14.7 Å². The number of rotatable bonds is 2. The van der Waals surface area contributed by atoms with Crippen molar-refractivity contribution in [3.63, 3.8) is 0 Å². The summed E-state index contributed by atoms with van der Waals surface area (Å²) in [5.41, 5.74) is -0.113. The molecular weight excluding hydrogens is 199 g/mol. The number of ether oxygens (including phenoxy) is 2. The third-order valence-electron chi connectivity index (χ3n) is 1.57. The molecule has 0 aromatic heterocycles. The van der Waals surface area contributed by atoms with Crippen molar-refractivity contribution in [3.8, 4) is 0 Å². The first kappa shape index (κ1) is 13.5. The van der Waals surface area contributed by atoms with Crippen molar-refractivity contribution in [3.05, 3.63) is 11.3 Å². The Morgan fingerprint density at radius 3 is 2.71 bits per heavy atom. The van der Waals surface area contributed by atoms with Gasteiger partial charge in [0.25, 0.3) is 0 Å². The van der Waals surface area contributed by atoms with Crippen LogP contribution in [0, 0.1) is 0 Å². The standard InChI is InChI=1S/C8H10O5.Na/c1-2-12-8(11)6(9)5-3-4-13-7(5)10;/h9H,2-4H2,1H3;/q;+1/p-1/b6-5-;. The van der Waals surface area contributed by atoms with E-state index in [1.54, 1.807) is 6.92 Å². The Morgan fingerprint density at radius 1 is 1.64 bits per heavy atom. The zero-order valence-corrected chi connectivity index (χ0v) is 10.2. The van der Waals surface area contributed by atoms with Crippen LogP contribution in [0.15, 0.2) is 11.3 Å². The molecule has 1 rings (SSSR count). The molecule has 0 amide bonds. The van der Waals surface area contributed by atoms with Gasteiger partial charge in [-0.2, -0.15) is 0 Å². The maximum Gasteiger partial charge on any atom is 1.00 e. The fraction of sp³-hybridized carbons (Fsp3) is 0.500. The van der Waals surface area contributed by atoms with E-state index in [-0.39, 0.29) is 54.8 Å². The quantitative estimate of drug-likeness (QED) is 0.201. The largest absolute Gasteiger partial charge is 1.00 e. The molecule has 0 N–H and O–H groups in total. The first-order valence-corrected chi connectivity index (χ1v) is 3.91. The van der Waals surface area contributed by atoms with Crippen LogP contribution in [0.25, 0.3) is 0 Å². The molecule has 14 heavy (non-hydrogen) atoms. The summed E-state index contributed by atoms with van der Waals surface area (Å²) in [4.78, 5) is 21.7. The predicted molar refractivity (Wildman–Crippen MR) is 39.2 cm³/mol. The second-order valence-electron chi connectivity index (χ2n) is 2.41. The van der Waals surface area contributed by atoms with E-state index in [1.807, 2.05) is 0 Å². The molecule has 0 aliphatic carbocycles. The molecule has 0 radical (unpaired) electrons. The Hall–Kier alpha value is -0.520. The monoisotopic (exact) mass is 208 g/mol. The summed E-state index contributed by atoms with van der Waals surface area (Å²) in [7, 11) is 0. The van der Waals surface area contributed by atoms with Gasteiger partial charge >= 0.3 is 41.5 Å². The molecule has 1 heterocycles. The molecule has 0 spiro atoms. The Morgan fingerprint density at radius 2 is 2.29 bits per heavy atom. The third-order valence-corrected chi connectivity index (χ3v) is 1.57. The average molecular weight is 208 g/mol. The summed E-state index contributed by atoms with van der Waals surface area (Å²) in [5, 5.41) is 11.1. The van der Waals surface area contributed by atoms with Gasteiger partial charge in [0, 0.05) is 12.0 Å². The summed E-state index contributed by atoms with van der Waals surface area (Å²) in [6.45, 7) is 1.87. The maximum atomic E-state index is 11.1. The number of hydrogen-bond acceptors (Lipinski definition) is 5. The van der Waals surface area contributed by atoms with Crippen LogP contribution in [-0.2, 0) is 19.1 Å². The zero-order chi connectivity index (χ0) is 9.84. The fourth-order valence-electron chi connectivity index (χ4n) is 0.961. The van der Waals surface area contributed by atoms with Crippen LogP contribution >= 0.6 is 0 Å².